The van der Waals surface area contributed by atoms with Crippen LogP contribution in [0.15, 0.2) is 39.5 Å². The van der Waals surface area contributed by atoms with Crippen LogP contribution in [0.5, 0.6) is 17.2 Å². The molecule has 3 aromatic rings. The van der Waals surface area contributed by atoms with Gasteiger partial charge in [0.15, 0.2) is 16.9 Å². The van der Waals surface area contributed by atoms with Crippen molar-refractivity contribution in [1.29, 1.82) is 0 Å². The van der Waals surface area contributed by atoms with Gasteiger partial charge in [0, 0.05) is 26.2 Å². The van der Waals surface area contributed by atoms with Crippen LogP contribution >= 0.6 is 0 Å². The summed E-state index contributed by atoms with van der Waals surface area (Å²) in [5, 5.41) is 0.475. The fraction of sp³-hybridized carbons (Fsp3) is 0.448. The lowest BCUT2D eigenvalue weighted by Gasteiger charge is -2.29. The lowest BCUT2D eigenvalue weighted by atomic mass is 9.97. The predicted octanol–water partition coefficient (Wildman–Crippen LogP) is 3.65. The van der Waals surface area contributed by atoms with Gasteiger partial charge in [-0.3, -0.25) is 14.5 Å². The number of carbonyl (C=O) groups is 1. The number of hydrogen-bond donors (Lipinski definition) is 0. The Morgan fingerprint density at radius 3 is 2.29 bits per heavy atom. The third kappa shape index (κ3) is 4.61. The van der Waals surface area contributed by atoms with Crippen LogP contribution in [-0.2, 0) is 11.2 Å². The van der Waals surface area contributed by atoms with Gasteiger partial charge in [0.1, 0.15) is 5.58 Å². The Bertz CT molecular complexity index is 1370. The van der Waals surface area contributed by atoms with Crippen molar-refractivity contribution in [3.63, 3.8) is 0 Å². The number of methoxy groups -OCH3 is 3. The van der Waals surface area contributed by atoms with Crippen LogP contribution in [0.1, 0.15) is 46.6 Å². The molecule has 1 unspecified atom stereocenters. The molecule has 3 heterocycles. The summed E-state index contributed by atoms with van der Waals surface area (Å²) in [4.78, 5) is 31.8. The number of amides is 1. The van der Waals surface area contributed by atoms with E-state index in [1.807, 2.05) is 19.1 Å². The number of ether oxygens (including phenoxy) is 4. The van der Waals surface area contributed by atoms with Gasteiger partial charge in [-0.2, -0.15) is 0 Å². The number of morpholine rings is 1. The minimum Gasteiger partial charge on any atom is -0.493 e. The molecule has 2 aliphatic rings. The Kier molecular flexibility index (Phi) is 7.58. The summed E-state index contributed by atoms with van der Waals surface area (Å²) in [6.45, 7) is 6.49. The predicted molar refractivity (Wildman–Crippen MR) is 143 cm³/mol. The first-order valence-electron chi connectivity index (χ1n) is 13.0. The summed E-state index contributed by atoms with van der Waals surface area (Å²) in [6, 6.07) is 8.51. The highest BCUT2D eigenvalue weighted by molar-refractivity contribution is 5.99. The first kappa shape index (κ1) is 26.1. The van der Waals surface area contributed by atoms with Crippen LogP contribution in [0.4, 0.5) is 0 Å². The van der Waals surface area contributed by atoms with Crippen LogP contribution in [0.2, 0.25) is 0 Å². The Labute approximate surface area is 221 Å². The molecule has 9 nitrogen and oxygen atoms in total. The van der Waals surface area contributed by atoms with Gasteiger partial charge in [-0.25, -0.2) is 0 Å². The van der Waals surface area contributed by atoms with Gasteiger partial charge in [-0.1, -0.05) is 13.0 Å². The van der Waals surface area contributed by atoms with Gasteiger partial charge in [0.05, 0.1) is 51.5 Å². The highest BCUT2D eigenvalue weighted by atomic mass is 16.5. The standard InChI is InChI=1S/C29H34N2O7/c1-5-18-7-8-21-20(15-18)26(32)24-25(19-16-22(34-2)27(36-4)23(17-19)35-3)31(29(33)28(24)38-21)10-6-9-30-11-13-37-14-12-30/h7-8,15-17,25H,5-6,9-14H2,1-4H3. The first-order valence-corrected chi connectivity index (χ1v) is 13.0. The van der Waals surface area contributed by atoms with E-state index in [1.165, 1.54) is 0 Å². The molecule has 1 amide bonds. The second-order valence-electron chi connectivity index (χ2n) is 9.53. The minimum absolute atomic E-state index is 0.0943. The highest BCUT2D eigenvalue weighted by Gasteiger charge is 2.43. The number of carbonyl (C=O) groups excluding carboxylic acids is 1. The molecule has 1 aromatic heterocycles. The largest absolute Gasteiger partial charge is 0.493 e. The molecule has 5 rings (SSSR count). The van der Waals surface area contributed by atoms with Crippen molar-refractivity contribution in [2.45, 2.75) is 25.8 Å². The maximum Gasteiger partial charge on any atom is 0.290 e. The van der Waals surface area contributed by atoms with Crippen LogP contribution < -0.4 is 19.6 Å². The van der Waals surface area contributed by atoms with E-state index in [1.54, 1.807) is 44.4 Å². The Hall–Kier alpha value is -3.56. The maximum absolute atomic E-state index is 14.0. The molecule has 0 bridgehead atoms. The molecule has 0 spiro atoms. The summed E-state index contributed by atoms with van der Waals surface area (Å²) in [5.41, 5.74) is 2.28. The SMILES string of the molecule is CCc1ccc2oc3c(c(=O)c2c1)C(c1cc(OC)c(OC)c(OC)c1)N(CCCN1CCOCC1)C3=O. The number of aryl methyl sites for hydroxylation is 1. The Morgan fingerprint density at radius 2 is 1.66 bits per heavy atom. The van der Waals surface area contributed by atoms with Gasteiger partial charge in [-0.05, 0) is 48.2 Å². The number of rotatable bonds is 9. The number of hydrogen-bond acceptors (Lipinski definition) is 8. The molecule has 1 saturated heterocycles. The van der Waals surface area contributed by atoms with Crippen molar-refractivity contribution in [2.24, 2.45) is 0 Å². The summed E-state index contributed by atoms with van der Waals surface area (Å²) < 4.78 is 28.3. The van der Waals surface area contributed by atoms with Crippen molar-refractivity contribution in [3.8, 4) is 17.2 Å². The molecule has 1 fully saturated rings. The van der Waals surface area contributed by atoms with Crippen LogP contribution in [0, 0.1) is 0 Å². The maximum atomic E-state index is 14.0. The molecule has 0 radical (unpaired) electrons. The Morgan fingerprint density at radius 1 is 0.947 bits per heavy atom. The van der Waals surface area contributed by atoms with Crippen LogP contribution in [0.3, 0.4) is 0 Å². The van der Waals surface area contributed by atoms with Gasteiger partial charge in [0.2, 0.25) is 11.5 Å². The van der Waals surface area contributed by atoms with Crippen molar-refractivity contribution >= 4 is 16.9 Å². The van der Waals surface area contributed by atoms with E-state index in [9.17, 15) is 9.59 Å². The fourth-order valence-corrected chi connectivity index (χ4v) is 5.41. The van der Waals surface area contributed by atoms with E-state index in [0.29, 0.717) is 59.1 Å². The molecule has 0 aliphatic carbocycles. The van der Waals surface area contributed by atoms with E-state index in [0.717, 1.165) is 38.0 Å². The van der Waals surface area contributed by atoms with Gasteiger partial charge < -0.3 is 28.3 Å². The van der Waals surface area contributed by atoms with Crippen LogP contribution in [0.25, 0.3) is 11.0 Å². The molecular weight excluding hydrogens is 488 g/mol. The zero-order valence-electron chi connectivity index (χ0n) is 22.4. The van der Waals surface area contributed by atoms with Crippen molar-refractivity contribution in [1.82, 2.24) is 9.80 Å². The zero-order valence-corrected chi connectivity index (χ0v) is 22.4. The van der Waals surface area contributed by atoms with Crippen molar-refractivity contribution < 1.29 is 28.2 Å². The third-order valence-electron chi connectivity index (χ3n) is 7.42. The molecule has 1 atom stereocenters. The summed E-state index contributed by atoms with van der Waals surface area (Å²) in [6.07, 6.45) is 1.53. The number of nitrogens with zero attached hydrogens (tertiary/aromatic N) is 2. The van der Waals surface area contributed by atoms with Gasteiger partial charge >= 0.3 is 0 Å². The smallest absolute Gasteiger partial charge is 0.290 e. The third-order valence-corrected chi connectivity index (χ3v) is 7.42. The molecule has 38 heavy (non-hydrogen) atoms. The molecular formula is C29H34N2O7. The van der Waals surface area contributed by atoms with Crippen molar-refractivity contribution in [3.05, 3.63) is 63.0 Å². The minimum atomic E-state index is -0.651. The van der Waals surface area contributed by atoms with E-state index < -0.39 is 6.04 Å². The molecule has 2 aliphatic heterocycles. The molecule has 9 heteroatoms. The van der Waals surface area contributed by atoms with E-state index in [4.69, 9.17) is 23.4 Å². The Balaban J connectivity index is 1.62. The molecule has 0 saturated carbocycles. The normalized spacial score (nSPS) is 17.6. The quantitative estimate of drug-likeness (QED) is 0.421. The number of fused-ring (bicyclic) bond motifs is 2. The fourth-order valence-electron chi connectivity index (χ4n) is 5.41. The monoisotopic (exact) mass is 522 g/mol. The first-order chi connectivity index (χ1) is 18.5. The van der Waals surface area contributed by atoms with E-state index in [-0.39, 0.29) is 17.1 Å². The lowest BCUT2D eigenvalue weighted by Crippen LogP contribution is -2.38. The second kappa shape index (κ2) is 11.0. The number of benzene rings is 2. The van der Waals surface area contributed by atoms with E-state index in [2.05, 4.69) is 4.90 Å². The van der Waals surface area contributed by atoms with Gasteiger partial charge in [0.25, 0.3) is 5.91 Å². The molecule has 0 N–H and O–H groups in total. The van der Waals surface area contributed by atoms with Gasteiger partial charge in [-0.15, -0.1) is 0 Å². The zero-order chi connectivity index (χ0) is 26.8. The second-order valence-corrected chi connectivity index (χ2v) is 9.53. The molecule has 202 valence electrons. The average molecular weight is 523 g/mol. The lowest BCUT2D eigenvalue weighted by molar-refractivity contribution is 0.0353. The van der Waals surface area contributed by atoms with Crippen molar-refractivity contribution in [2.75, 3.05) is 60.7 Å². The summed E-state index contributed by atoms with van der Waals surface area (Å²) in [7, 11) is 4.63. The summed E-state index contributed by atoms with van der Waals surface area (Å²) in [5.74, 6) is 1.15. The molecule has 2 aromatic carbocycles. The van der Waals surface area contributed by atoms with E-state index >= 15 is 0 Å². The average Bonchev–Trinajstić information content (AvgIpc) is 3.24. The summed E-state index contributed by atoms with van der Waals surface area (Å²) >= 11 is 0. The highest BCUT2D eigenvalue weighted by Crippen LogP contribution is 2.45. The topological polar surface area (TPSA) is 90.7 Å². The van der Waals surface area contributed by atoms with Crippen LogP contribution in [-0.4, -0.2) is 76.4 Å².